The Morgan fingerprint density at radius 3 is 2.40 bits per heavy atom. The number of sulfonamides is 1. The second-order valence-electron chi connectivity index (χ2n) is 10.2. The Bertz CT molecular complexity index is 1660. The molecule has 0 saturated carbocycles. The SMILES string of the molecule is Cc1ccc(S(=O)(=O)N/N=C(/CCN2CCCC2)C[C@H](c2ccccc2)c2c(O)c3ccccc3oc2=O)cc1. The van der Waals surface area contributed by atoms with Crippen molar-refractivity contribution in [1.29, 1.82) is 0 Å². The first-order chi connectivity index (χ1) is 19.3. The van der Waals surface area contributed by atoms with Crippen molar-refractivity contribution in [1.82, 2.24) is 9.73 Å². The largest absolute Gasteiger partial charge is 0.507 e. The van der Waals surface area contributed by atoms with E-state index in [2.05, 4.69) is 14.8 Å². The van der Waals surface area contributed by atoms with Crippen LogP contribution in [0, 0.1) is 6.92 Å². The Hall–Kier alpha value is -3.95. The van der Waals surface area contributed by atoms with Crippen LogP contribution in [0.4, 0.5) is 0 Å². The minimum atomic E-state index is -3.90. The molecule has 0 aliphatic carbocycles. The molecule has 5 rings (SSSR count). The van der Waals surface area contributed by atoms with Gasteiger partial charge >= 0.3 is 5.63 Å². The van der Waals surface area contributed by atoms with Crippen molar-refractivity contribution in [3.8, 4) is 5.75 Å². The average molecular weight is 560 g/mol. The van der Waals surface area contributed by atoms with E-state index in [1.807, 2.05) is 37.3 Å². The first kappa shape index (κ1) is 27.6. The molecule has 1 aliphatic heterocycles. The number of aryl methyl sites for hydroxylation is 1. The number of nitrogens with one attached hydrogen (secondary N) is 1. The molecule has 0 spiro atoms. The van der Waals surface area contributed by atoms with Crippen LogP contribution in [0.1, 0.15) is 48.3 Å². The highest BCUT2D eigenvalue weighted by Gasteiger charge is 2.27. The smallest absolute Gasteiger partial charge is 0.343 e. The lowest BCUT2D eigenvalue weighted by Crippen LogP contribution is -2.26. The second-order valence-corrected chi connectivity index (χ2v) is 11.9. The van der Waals surface area contributed by atoms with Crippen LogP contribution in [0.5, 0.6) is 5.75 Å². The van der Waals surface area contributed by atoms with Crippen LogP contribution in [-0.2, 0) is 10.0 Å². The molecule has 1 aromatic heterocycles. The predicted octanol–water partition coefficient (Wildman–Crippen LogP) is 5.15. The zero-order chi connectivity index (χ0) is 28.1. The van der Waals surface area contributed by atoms with Crippen molar-refractivity contribution in [2.24, 2.45) is 5.10 Å². The maximum absolute atomic E-state index is 13.3. The predicted molar refractivity (Wildman–Crippen MR) is 156 cm³/mol. The first-order valence-corrected chi connectivity index (χ1v) is 15.0. The summed E-state index contributed by atoms with van der Waals surface area (Å²) in [6, 6.07) is 22.8. The highest BCUT2D eigenvalue weighted by molar-refractivity contribution is 7.89. The van der Waals surface area contributed by atoms with Gasteiger partial charge in [0.2, 0.25) is 0 Å². The van der Waals surface area contributed by atoms with Crippen LogP contribution in [-0.4, -0.2) is 43.8 Å². The molecule has 8 nitrogen and oxygen atoms in total. The number of aromatic hydroxyl groups is 1. The van der Waals surface area contributed by atoms with E-state index in [0.717, 1.165) is 37.1 Å². The highest BCUT2D eigenvalue weighted by Crippen LogP contribution is 2.36. The molecule has 2 heterocycles. The van der Waals surface area contributed by atoms with Crippen LogP contribution in [0.25, 0.3) is 11.0 Å². The number of likely N-dealkylation sites (tertiary alicyclic amines) is 1. The molecule has 40 heavy (non-hydrogen) atoms. The van der Waals surface area contributed by atoms with Gasteiger partial charge in [0.05, 0.1) is 15.8 Å². The van der Waals surface area contributed by atoms with Crippen LogP contribution >= 0.6 is 0 Å². The third-order valence-corrected chi connectivity index (χ3v) is 8.60. The molecule has 208 valence electrons. The molecule has 0 bridgehead atoms. The number of nitrogens with zero attached hydrogens (tertiary/aromatic N) is 2. The van der Waals surface area contributed by atoms with Gasteiger partial charge in [-0.25, -0.2) is 9.63 Å². The molecule has 1 fully saturated rings. The summed E-state index contributed by atoms with van der Waals surface area (Å²) in [5, 5.41) is 16.1. The molecule has 1 atom stereocenters. The lowest BCUT2D eigenvalue weighted by Gasteiger charge is -2.21. The summed E-state index contributed by atoms with van der Waals surface area (Å²) in [4.78, 5) is 18.1. The van der Waals surface area contributed by atoms with Crippen LogP contribution < -0.4 is 10.5 Å². The number of hydrogen-bond acceptors (Lipinski definition) is 7. The van der Waals surface area contributed by atoms with Gasteiger partial charge in [-0.3, -0.25) is 0 Å². The molecule has 0 unspecified atom stereocenters. The van der Waals surface area contributed by atoms with Crippen molar-refractivity contribution in [2.75, 3.05) is 19.6 Å². The van der Waals surface area contributed by atoms with Gasteiger partial charge in [0.25, 0.3) is 10.0 Å². The maximum Gasteiger partial charge on any atom is 0.343 e. The van der Waals surface area contributed by atoms with Gasteiger partial charge in [-0.15, -0.1) is 0 Å². The Morgan fingerprint density at radius 1 is 1.00 bits per heavy atom. The Morgan fingerprint density at radius 2 is 1.68 bits per heavy atom. The zero-order valence-electron chi connectivity index (χ0n) is 22.4. The molecule has 1 saturated heterocycles. The second kappa shape index (κ2) is 12.1. The summed E-state index contributed by atoms with van der Waals surface area (Å²) in [5.41, 5.74) is 2.10. The van der Waals surface area contributed by atoms with Gasteiger partial charge in [-0.1, -0.05) is 60.2 Å². The van der Waals surface area contributed by atoms with Gasteiger partial charge < -0.3 is 14.4 Å². The summed E-state index contributed by atoms with van der Waals surface area (Å²) in [6.45, 7) is 4.57. The summed E-state index contributed by atoms with van der Waals surface area (Å²) < 4.78 is 31.7. The van der Waals surface area contributed by atoms with Gasteiger partial charge in [0, 0.05) is 24.6 Å². The lowest BCUT2D eigenvalue weighted by molar-refractivity contribution is 0.348. The van der Waals surface area contributed by atoms with Crippen molar-refractivity contribution in [2.45, 2.75) is 43.4 Å². The molecule has 0 amide bonds. The summed E-state index contributed by atoms with van der Waals surface area (Å²) in [7, 11) is -3.90. The van der Waals surface area contributed by atoms with Gasteiger partial charge in [-0.05, 0) is 69.1 Å². The molecule has 2 N–H and O–H groups in total. The summed E-state index contributed by atoms with van der Waals surface area (Å²) >= 11 is 0. The fraction of sp³-hybridized carbons (Fsp3) is 0.290. The molecule has 9 heteroatoms. The molecular formula is C31H33N3O5S. The summed E-state index contributed by atoms with van der Waals surface area (Å²) in [5.74, 6) is -0.747. The fourth-order valence-corrected chi connectivity index (χ4v) is 6.00. The van der Waals surface area contributed by atoms with Crippen LogP contribution in [0.3, 0.4) is 0 Å². The molecule has 1 aliphatic rings. The molecule has 3 aromatic carbocycles. The quantitative estimate of drug-likeness (QED) is 0.158. The standard InChI is InChI=1S/C31H33N3O5S/c1-22-13-15-25(16-14-22)40(37,38)33-32-24(17-20-34-18-7-8-19-34)21-27(23-9-3-2-4-10-23)29-30(35)26-11-5-6-12-28(26)39-31(29)36/h2-6,9-16,27,33,35H,7-8,17-21H2,1H3/b32-24-/t27-/m1/s1. The topological polar surface area (TPSA) is 112 Å². The van der Waals surface area contributed by atoms with Crippen molar-refractivity contribution in [3.05, 3.63) is 106 Å². The number of hydrazone groups is 1. The third-order valence-electron chi connectivity index (χ3n) is 7.38. The highest BCUT2D eigenvalue weighted by atomic mass is 32.2. The van der Waals surface area contributed by atoms with E-state index in [9.17, 15) is 18.3 Å². The molecular weight excluding hydrogens is 526 g/mol. The van der Waals surface area contributed by atoms with E-state index in [0.29, 0.717) is 29.6 Å². The number of rotatable bonds is 10. The number of fused-ring (bicyclic) bond motifs is 1. The number of benzene rings is 3. The van der Waals surface area contributed by atoms with Gasteiger partial charge in [0.1, 0.15) is 11.3 Å². The summed E-state index contributed by atoms with van der Waals surface area (Å²) in [6.07, 6.45) is 2.97. The van der Waals surface area contributed by atoms with Crippen LogP contribution in [0.15, 0.2) is 98.1 Å². The van der Waals surface area contributed by atoms with Gasteiger partial charge in [0.15, 0.2) is 0 Å². The molecule has 4 aromatic rings. The van der Waals surface area contributed by atoms with E-state index in [-0.39, 0.29) is 22.6 Å². The average Bonchev–Trinajstić information content (AvgIpc) is 3.48. The van der Waals surface area contributed by atoms with Crippen molar-refractivity contribution in [3.63, 3.8) is 0 Å². The zero-order valence-corrected chi connectivity index (χ0v) is 23.2. The van der Waals surface area contributed by atoms with Crippen molar-refractivity contribution < 1.29 is 17.9 Å². The van der Waals surface area contributed by atoms with Crippen LogP contribution in [0.2, 0.25) is 0 Å². The third kappa shape index (κ3) is 6.26. The number of para-hydroxylation sites is 1. The minimum Gasteiger partial charge on any atom is -0.507 e. The van der Waals surface area contributed by atoms with E-state index in [4.69, 9.17) is 4.42 Å². The van der Waals surface area contributed by atoms with E-state index < -0.39 is 21.6 Å². The Balaban J connectivity index is 1.54. The van der Waals surface area contributed by atoms with Gasteiger partial charge in [-0.2, -0.15) is 13.5 Å². The Labute approximate surface area is 234 Å². The lowest BCUT2D eigenvalue weighted by atomic mass is 9.86. The first-order valence-electron chi connectivity index (χ1n) is 13.5. The minimum absolute atomic E-state index is 0.119. The normalized spacial score (nSPS) is 15.4. The monoisotopic (exact) mass is 559 g/mol. The fourth-order valence-electron chi connectivity index (χ4n) is 5.15. The Kier molecular flexibility index (Phi) is 8.32. The molecule has 0 radical (unpaired) electrons. The van der Waals surface area contributed by atoms with Crippen molar-refractivity contribution >= 4 is 26.7 Å². The number of hydrogen-bond donors (Lipinski definition) is 2. The van der Waals surface area contributed by atoms with E-state index in [1.54, 1.807) is 48.5 Å². The van der Waals surface area contributed by atoms with E-state index in [1.165, 1.54) is 0 Å². The maximum atomic E-state index is 13.3. The van der Waals surface area contributed by atoms with E-state index >= 15 is 0 Å².